The Morgan fingerprint density at radius 3 is 2.42 bits per heavy atom. The fourth-order valence-electron chi connectivity index (χ4n) is 4.03. The first kappa shape index (κ1) is 24.1. The molecule has 3 heterocycles. The molecule has 5 rings (SSSR count). The van der Waals surface area contributed by atoms with Crippen molar-refractivity contribution in [2.75, 3.05) is 38.2 Å². The van der Waals surface area contributed by atoms with E-state index in [0.29, 0.717) is 53.5 Å². The van der Waals surface area contributed by atoms with Gasteiger partial charge < -0.3 is 14.5 Å². The van der Waals surface area contributed by atoms with E-state index >= 15 is 0 Å². The van der Waals surface area contributed by atoms with E-state index < -0.39 is 0 Å². The molecule has 2 aromatic carbocycles. The largest absolute Gasteiger partial charge is 0.497 e. The zero-order valence-electron chi connectivity index (χ0n) is 19.6. The number of nitrogens with zero attached hydrogens (tertiary/aromatic N) is 7. The van der Waals surface area contributed by atoms with Crippen LogP contribution in [0.2, 0.25) is 5.02 Å². The first-order valence-corrected chi connectivity index (χ1v) is 12.8. The molecule has 1 fully saturated rings. The summed E-state index contributed by atoms with van der Waals surface area (Å²) in [5.74, 6) is 1.03. The Morgan fingerprint density at radius 2 is 1.72 bits per heavy atom. The molecule has 184 valence electrons. The SMILES string of the molecule is COc1ccc(-n2nnc(C(=O)N3CCN(c4ccccc4Cl)CC3)c2CSc2ncccn2)cc1. The Kier molecular flexibility index (Phi) is 7.33. The molecular weight excluding hydrogens is 498 g/mol. The van der Waals surface area contributed by atoms with Crippen LogP contribution in [0.5, 0.6) is 5.75 Å². The van der Waals surface area contributed by atoms with Crippen molar-refractivity contribution in [3.8, 4) is 11.4 Å². The van der Waals surface area contributed by atoms with Crippen LogP contribution in [0.1, 0.15) is 16.2 Å². The Morgan fingerprint density at radius 1 is 1.00 bits per heavy atom. The molecule has 4 aromatic rings. The van der Waals surface area contributed by atoms with Crippen molar-refractivity contribution in [3.63, 3.8) is 0 Å². The summed E-state index contributed by atoms with van der Waals surface area (Å²) in [7, 11) is 1.62. The second-order valence-corrected chi connectivity index (χ2v) is 9.39. The van der Waals surface area contributed by atoms with Crippen molar-refractivity contribution in [1.82, 2.24) is 29.9 Å². The van der Waals surface area contributed by atoms with Gasteiger partial charge in [0.1, 0.15) is 5.75 Å². The molecule has 0 bridgehead atoms. The standard InChI is InChI=1S/C25H24ClN7O2S/c1-35-19-9-7-18(8-10-19)33-22(17-36-25-27-11-4-12-28-25)23(29-30-33)24(34)32-15-13-31(14-16-32)21-6-3-2-5-20(21)26/h2-12H,13-17H2,1H3. The number of piperazine rings is 1. The fourth-order valence-corrected chi connectivity index (χ4v) is 5.08. The number of thioether (sulfide) groups is 1. The van der Waals surface area contributed by atoms with Crippen LogP contribution in [0.3, 0.4) is 0 Å². The molecule has 36 heavy (non-hydrogen) atoms. The number of carbonyl (C=O) groups is 1. The number of benzene rings is 2. The number of hydrogen-bond donors (Lipinski definition) is 0. The number of halogens is 1. The van der Waals surface area contributed by atoms with Crippen LogP contribution in [0.25, 0.3) is 5.69 Å². The molecule has 0 aliphatic carbocycles. The lowest BCUT2D eigenvalue weighted by Crippen LogP contribution is -2.49. The van der Waals surface area contributed by atoms with Gasteiger partial charge in [-0.05, 0) is 42.5 Å². The number of anilines is 1. The van der Waals surface area contributed by atoms with Crippen LogP contribution in [-0.4, -0.2) is 69.1 Å². The van der Waals surface area contributed by atoms with Crippen LogP contribution in [0.15, 0.2) is 72.1 Å². The summed E-state index contributed by atoms with van der Waals surface area (Å²) in [6.45, 7) is 2.50. The molecular formula is C25H24ClN7O2S. The van der Waals surface area contributed by atoms with E-state index in [1.54, 1.807) is 30.3 Å². The highest BCUT2D eigenvalue weighted by atomic mass is 35.5. The second-order valence-electron chi connectivity index (χ2n) is 8.05. The molecule has 0 atom stereocenters. The van der Waals surface area contributed by atoms with E-state index in [0.717, 1.165) is 17.1 Å². The second kappa shape index (κ2) is 11.0. The van der Waals surface area contributed by atoms with Crippen LogP contribution in [0.4, 0.5) is 5.69 Å². The highest BCUT2D eigenvalue weighted by Gasteiger charge is 2.28. The van der Waals surface area contributed by atoms with E-state index in [9.17, 15) is 4.79 Å². The zero-order valence-corrected chi connectivity index (χ0v) is 21.2. The molecule has 0 unspecified atom stereocenters. The molecule has 0 spiro atoms. The average molecular weight is 522 g/mol. The summed E-state index contributed by atoms with van der Waals surface area (Å²) >= 11 is 7.81. The normalized spacial score (nSPS) is 13.6. The maximum absolute atomic E-state index is 13.6. The monoisotopic (exact) mass is 521 g/mol. The van der Waals surface area contributed by atoms with Gasteiger partial charge in [-0.25, -0.2) is 14.6 Å². The van der Waals surface area contributed by atoms with Crippen LogP contribution >= 0.6 is 23.4 Å². The highest BCUT2D eigenvalue weighted by Crippen LogP contribution is 2.28. The maximum atomic E-state index is 13.6. The minimum Gasteiger partial charge on any atom is -0.497 e. The molecule has 1 saturated heterocycles. The minimum atomic E-state index is -0.141. The van der Waals surface area contributed by atoms with Crippen LogP contribution < -0.4 is 9.64 Å². The number of methoxy groups -OCH3 is 1. The van der Waals surface area contributed by atoms with Gasteiger partial charge in [0.25, 0.3) is 5.91 Å². The molecule has 0 N–H and O–H groups in total. The third-order valence-electron chi connectivity index (χ3n) is 5.92. The Labute approximate surface area is 218 Å². The quantitative estimate of drug-likeness (QED) is 0.266. The van der Waals surface area contributed by atoms with Crippen molar-refractivity contribution in [2.24, 2.45) is 0 Å². The predicted octanol–water partition coefficient (Wildman–Crippen LogP) is 3.97. The summed E-state index contributed by atoms with van der Waals surface area (Å²) in [6.07, 6.45) is 3.39. The highest BCUT2D eigenvalue weighted by molar-refractivity contribution is 7.98. The molecule has 0 radical (unpaired) electrons. The van der Waals surface area contributed by atoms with Crippen molar-refractivity contribution < 1.29 is 9.53 Å². The third-order valence-corrected chi connectivity index (χ3v) is 7.13. The van der Waals surface area contributed by atoms with Gasteiger partial charge in [0, 0.05) is 44.3 Å². The molecule has 2 aromatic heterocycles. The van der Waals surface area contributed by atoms with E-state index in [4.69, 9.17) is 16.3 Å². The molecule has 11 heteroatoms. The van der Waals surface area contributed by atoms with Crippen LogP contribution in [0, 0.1) is 0 Å². The van der Waals surface area contributed by atoms with E-state index in [2.05, 4.69) is 25.2 Å². The summed E-state index contributed by atoms with van der Waals surface area (Å²) in [5, 5.41) is 9.98. The van der Waals surface area contributed by atoms with Gasteiger partial charge in [-0.15, -0.1) is 5.10 Å². The van der Waals surface area contributed by atoms with Gasteiger partial charge in [0.2, 0.25) is 0 Å². The van der Waals surface area contributed by atoms with Gasteiger partial charge in [-0.1, -0.05) is 40.7 Å². The summed E-state index contributed by atoms with van der Waals surface area (Å²) in [4.78, 5) is 26.2. The Hall–Kier alpha value is -3.63. The van der Waals surface area contributed by atoms with Crippen LogP contribution in [-0.2, 0) is 5.75 Å². The lowest BCUT2D eigenvalue weighted by atomic mass is 10.2. The average Bonchev–Trinajstić information content (AvgIpc) is 3.36. The lowest BCUT2D eigenvalue weighted by Gasteiger charge is -2.36. The number of amides is 1. The maximum Gasteiger partial charge on any atom is 0.276 e. The lowest BCUT2D eigenvalue weighted by molar-refractivity contribution is 0.0740. The van der Waals surface area contributed by atoms with Crippen molar-refractivity contribution in [3.05, 3.63) is 83.4 Å². The van der Waals surface area contributed by atoms with Crippen molar-refractivity contribution in [2.45, 2.75) is 10.9 Å². The summed E-state index contributed by atoms with van der Waals surface area (Å²) < 4.78 is 6.97. The van der Waals surface area contributed by atoms with E-state index in [1.165, 1.54) is 11.8 Å². The number of carbonyl (C=O) groups excluding carboxylic acids is 1. The zero-order chi connectivity index (χ0) is 24.9. The minimum absolute atomic E-state index is 0.141. The molecule has 9 nitrogen and oxygen atoms in total. The van der Waals surface area contributed by atoms with Crippen molar-refractivity contribution in [1.29, 1.82) is 0 Å². The molecule has 1 aliphatic heterocycles. The van der Waals surface area contributed by atoms with E-state index in [-0.39, 0.29) is 5.91 Å². The van der Waals surface area contributed by atoms with E-state index in [1.807, 2.05) is 53.4 Å². The Bertz CT molecular complexity index is 1330. The summed E-state index contributed by atoms with van der Waals surface area (Å²) in [5.41, 5.74) is 2.80. The predicted molar refractivity (Wildman–Crippen MR) is 139 cm³/mol. The molecule has 1 aliphatic rings. The number of hydrogen-bond acceptors (Lipinski definition) is 8. The van der Waals surface area contributed by atoms with Gasteiger partial charge in [-0.2, -0.15) is 0 Å². The molecule has 0 saturated carbocycles. The Balaban J connectivity index is 1.38. The van der Waals surface area contributed by atoms with Crippen molar-refractivity contribution >= 4 is 35.0 Å². The third kappa shape index (κ3) is 5.14. The van der Waals surface area contributed by atoms with Gasteiger partial charge >= 0.3 is 0 Å². The number of aromatic nitrogens is 5. The summed E-state index contributed by atoms with van der Waals surface area (Å²) in [6, 6.07) is 17.0. The number of rotatable bonds is 7. The topological polar surface area (TPSA) is 89.3 Å². The number of ether oxygens (including phenoxy) is 1. The first-order chi connectivity index (χ1) is 17.6. The smallest absolute Gasteiger partial charge is 0.276 e. The fraction of sp³-hybridized carbons (Fsp3) is 0.240. The van der Waals surface area contributed by atoms with Gasteiger partial charge in [0.15, 0.2) is 10.9 Å². The van der Waals surface area contributed by atoms with Gasteiger partial charge in [0.05, 0.1) is 29.2 Å². The first-order valence-electron chi connectivity index (χ1n) is 11.4. The molecule has 1 amide bonds. The van der Waals surface area contributed by atoms with Gasteiger partial charge in [-0.3, -0.25) is 4.79 Å². The number of para-hydroxylation sites is 1.